The second-order valence-corrected chi connectivity index (χ2v) is 5.23. The number of anilines is 1. The second-order valence-electron chi connectivity index (χ2n) is 5.23. The van der Waals surface area contributed by atoms with Gasteiger partial charge in [-0.25, -0.2) is 0 Å². The zero-order valence-corrected chi connectivity index (χ0v) is 11.8. The first kappa shape index (κ1) is 14.3. The van der Waals surface area contributed by atoms with Crippen LogP contribution in [0, 0.1) is 6.92 Å². The van der Waals surface area contributed by atoms with Gasteiger partial charge in [0.15, 0.2) is 0 Å². The Morgan fingerprint density at radius 2 is 1.70 bits per heavy atom. The van der Waals surface area contributed by atoms with Gasteiger partial charge in [0, 0.05) is 5.69 Å². The van der Waals surface area contributed by atoms with Crippen LogP contribution < -0.4 is 5.32 Å². The monoisotopic (exact) mass is 269 g/mol. The molecule has 0 aromatic heterocycles. The summed E-state index contributed by atoms with van der Waals surface area (Å²) in [5.41, 5.74) is 1.44. The molecule has 0 saturated carbocycles. The van der Waals surface area contributed by atoms with E-state index >= 15 is 0 Å². The Morgan fingerprint density at radius 3 is 2.30 bits per heavy atom. The van der Waals surface area contributed by atoms with Crippen molar-refractivity contribution in [1.29, 1.82) is 0 Å². The first-order valence-corrected chi connectivity index (χ1v) is 6.62. The number of hydrogen-bond acceptors (Lipinski definition) is 2. The maximum Gasteiger partial charge on any atom is 0.227 e. The zero-order valence-electron chi connectivity index (χ0n) is 11.8. The van der Waals surface area contributed by atoms with E-state index in [1.165, 1.54) is 0 Å². The molecule has 20 heavy (non-hydrogen) atoms. The van der Waals surface area contributed by atoms with Crippen LogP contribution in [0.3, 0.4) is 0 Å². The van der Waals surface area contributed by atoms with Gasteiger partial charge in [-0.15, -0.1) is 0 Å². The lowest BCUT2D eigenvalue weighted by Crippen LogP contribution is -2.28. The molecule has 0 aliphatic carbocycles. The summed E-state index contributed by atoms with van der Waals surface area (Å²) in [5, 5.41) is 13.2. The molecule has 3 nitrogen and oxygen atoms in total. The van der Waals surface area contributed by atoms with Crippen LogP contribution in [-0.2, 0) is 10.4 Å². The Bertz CT molecular complexity index is 574. The van der Waals surface area contributed by atoms with Crippen LogP contribution >= 0.6 is 0 Å². The Balaban J connectivity index is 2.02. The van der Waals surface area contributed by atoms with Crippen LogP contribution in [-0.4, -0.2) is 11.0 Å². The molecule has 0 spiro atoms. The lowest BCUT2D eigenvalue weighted by Gasteiger charge is -2.23. The molecule has 1 amide bonds. The van der Waals surface area contributed by atoms with Crippen LogP contribution in [0.2, 0.25) is 0 Å². The number of aliphatic hydroxyl groups is 1. The first-order valence-electron chi connectivity index (χ1n) is 6.62. The van der Waals surface area contributed by atoms with Gasteiger partial charge in [0.05, 0.1) is 12.0 Å². The highest BCUT2D eigenvalue weighted by Gasteiger charge is 2.26. The standard InChI is InChI=1S/C17H19NO2/c1-13-8-10-15(11-9-13)18-16(19)12-17(2,20)14-6-4-3-5-7-14/h3-11,20H,12H2,1-2H3,(H,18,19). The van der Waals surface area contributed by atoms with E-state index in [4.69, 9.17) is 0 Å². The van der Waals surface area contributed by atoms with E-state index in [2.05, 4.69) is 5.32 Å². The highest BCUT2D eigenvalue weighted by Crippen LogP contribution is 2.24. The maximum atomic E-state index is 12.0. The van der Waals surface area contributed by atoms with E-state index in [-0.39, 0.29) is 12.3 Å². The first-order chi connectivity index (χ1) is 9.47. The van der Waals surface area contributed by atoms with Gasteiger partial charge in [-0.1, -0.05) is 48.0 Å². The fourth-order valence-electron chi connectivity index (χ4n) is 2.05. The van der Waals surface area contributed by atoms with Crippen molar-refractivity contribution in [3.05, 3.63) is 65.7 Å². The molecular formula is C17H19NO2. The summed E-state index contributed by atoms with van der Waals surface area (Å²) >= 11 is 0. The van der Waals surface area contributed by atoms with E-state index in [1.54, 1.807) is 6.92 Å². The molecule has 2 N–H and O–H groups in total. The van der Waals surface area contributed by atoms with Crippen molar-refractivity contribution >= 4 is 11.6 Å². The van der Waals surface area contributed by atoms with Gasteiger partial charge in [-0.2, -0.15) is 0 Å². The van der Waals surface area contributed by atoms with E-state index < -0.39 is 5.60 Å². The third-order valence-electron chi connectivity index (χ3n) is 3.24. The normalized spacial score (nSPS) is 13.6. The lowest BCUT2D eigenvalue weighted by molar-refractivity contribution is -0.120. The molecule has 0 radical (unpaired) electrons. The van der Waals surface area contributed by atoms with Gasteiger partial charge in [-0.05, 0) is 31.5 Å². The highest BCUT2D eigenvalue weighted by atomic mass is 16.3. The number of hydrogen-bond donors (Lipinski definition) is 2. The van der Waals surface area contributed by atoms with Gasteiger partial charge in [0.25, 0.3) is 0 Å². The van der Waals surface area contributed by atoms with Crippen molar-refractivity contribution in [3.63, 3.8) is 0 Å². The molecule has 3 heteroatoms. The van der Waals surface area contributed by atoms with Gasteiger partial charge in [0.2, 0.25) is 5.91 Å². The van der Waals surface area contributed by atoms with Gasteiger partial charge < -0.3 is 10.4 Å². The van der Waals surface area contributed by atoms with Gasteiger partial charge in [-0.3, -0.25) is 4.79 Å². The highest BCUT2D eigenvalue weighted by molar-refractivity contribution is 5.91. The molecule has 0 aliphatic rings. The van der Waals surface area contributed by atoms with Crippen LogP contribution in [0.25, 0.3) is 0 Å². The van der Waals surface area contributed by atoms with Crippen LogP contribution in [0.1, 0.15) is 24.5 Å². The molecule has 2 rings (SSSR count). The Morgan fingerprint density at radius 1 is 1.10 bits per heavy atom. The van der Waals surface area contributed by atoms with Crippen molar-refractivity contribution < 1.29 is 9.90 Å². The second kappa shape index (κ2) is 5.88. The summed E-state index contributed by atoms with van der Waals surface area (Å²) in [4.78, 5) is 12.0. The van der Waals surface area contributed by atoms with Crippen molar-refractivity contribution in [2.24, 2.45) is 0 Å². The molecule has 2 aromatic carbocycles. The van der Waals surface area contributed by atoms with Crippen molar-refractivity contribution in [2.75, 3.05) is 5.32 Å². The summed E-state index contributed by atoms with van der Waals surface area (Å²) < 4.78 is 0. The average molecular weight is 269 g/mol. The number of carbonyl (C=O) groups excluding carboxylic acids is 1. The van der Waals surface area contributed by atoms with Crippen molar-refractivity contribution in [2.45, 2.75) is 25.9 Å². The Labute approximate surface area is 119 Å². The van der Waals surface area contributed by atoms with Gasteiger partial charge >= 0.3 is 0 Å². The van der Waals surface area contributed by atoms with Crippen molar-refractivity contribution in [1.82, 2.24) is 0 Å². The minimum Gasteiger partial charge on any atom is -0.385 e. The minimum atomic E-state index is -1.17. The number of nitrogens with one attached hydrogen (secondary N) is 1. The van der Waals surface area contributed by atoms with Crippen LogP contribution in [0.4, 0.5) is 5.69 Å². The van der Waals surface area contributed by atoms with E-state index in [9.17, 15) is 9.90 Å². The average Bonchev–Trinajstić information content (AvgIpc) is 2.42. The molecule has 104 valence electrons. The quantitative estimate of drug-likeness (QED) is 0.895. The van der Waals surface area contributed by atoms with Gasteiger partial charge in [0.1, 0.15) is 0 Å². The Hall–Kier alpha value is -2.13. The third-order valence-corrected chi connectivity index (χ3v) is 3.24. The summed E-state index contributed by atoms with van der Waals surface area (Å²) in [6.07, 6.45) is 0.0187. The minimum absolute atomic E-state index is 0.0187. The molecule has 0 bridgehead atoms. The van der Waals surface area contributed by atoms with Crippen molar-refractivity contribution in [3.8, 4) is 0 Å². The molecule has 1 atom stereocenters. The fraction of sp³-hybridized carbons (Fsp3) is 0.235. The number of benzene rings is 2. The molecule has 0 aliphatic heterocycles. The largest absolute Gasteiger partial charge is 0.385 e. The SMILES string of the molecule is Cc1ccc(NC(=O)CC(C)(O)c2ccccc2)cc1. The van der Waals surface area contributed by atoms with E-state index in [1.807, 2.05) is 61.5 Å². The smallest absolute Gasteiger partial charge is 0.227 e. The molecule has 0 heterocycles. The third kappa shape index (κ3) is 3.68. The van der Waals surface area contributed by atoms with Crippen LogP contribution in [0.15, 0.2) is 54.6 Å². The summed E-state index contributed by atoms with van der Waals surface area (Å²) in [6.45, 7) is 3.64. The molecule has 0 saturated heterocycles. The number of carbonyl (C=O) groups is 1. The molecule has 0 fully saturated rings. The predicted molar refractivity (Wildman–Crippen MR) is 80.4 cm³/mol. The van der Waals surface area contributed by atoms with E-state index in [0.29, 0.717) is 0 Å². The summed E-state index contributed by atoms with van der Waals surface area (Å²) in [7, 11) is 0. The summed E-state index contributed by atoms with van der Waals surface area (Å²) in [6, 6.07) is 16.8. The van der Waals surface area contributed by atoms with Crippen LogP contribution in [0.5, 0.6) is 0 Å². The summed E-state index contributed by atoms with van der Waals surface area (Å²) in [5.74, 6) is -0.206. The molecule has 1 unspecified atom stereocenters. The Kier molecular flexibility index (Phi) is 4.20. The topological polar surface area (TPSA) is 49.3 Å². The zero-order chi connectivity index (χ0) is 14.6. The number of aryl methyl sites for hydroxylation is 1. The number of amides is 1. The molecular weight excluding hydrogens is 250 g/mol. The fourth-order valence-corrected chi connectivity index (χ4v) is 2.05. The number of rotatable bonds is 4. The molecule has 2 aromatic rings. The lowest BCUT2D eigenvalue weighted by atomic mass is 9.92. The van der Waals surface area contributed by atoms with E-state index in [0.717, 1.165) is 16.8 Å². The predicted octanol–water partition coefficient (Wildman–Crippen LogP) is 3.23. The maximum absolute atomic E-state index is 12.0.